The fourth-order valence-electron chi connectivity index (χ4n) is 6.83. The molecule has 0 spiro atoms. The molecule has 1 heterocycles. The molecular weight excluding hydrogens is 360 g/mol. The van der Waals surface area contributed by atoms with Crippen LogP contribution in [0, 0.1) is 23.7 Å². The molecule has 5 fully saturated rings. The van der Waals surface area contributed by atoms with Gasteiger partial charge in [0.1, 0.15) is 5.60 Å². The Morgan fingerprint density at radius 2 is 1.72 bits per heavy atom. The smallest absolute Gasteiger partial charge is 0.410 e. The molecule has 0 N–H and O–H groups in total. The van der Waals surface area contributed by atoms with E-state index in [-0.39, 0.29) is 6.09 Å². The Morgan fingerprint density at radius 1 is 1.00 bits per heavy atom. The molecule has 4 nitrogen and oxygen atoms in total. The molecule has 5 atom stereocenters. The number of carbonyl (C=O) groups excluding carboxylic acids is 1. The van der Waals surface area contributed by atoms with Crippen molar-refractivity contribution in [3.05, 3.63) is 41.8 Å². The van der Waals surface area contributed by atoms with E-state index < -0.39 is 5.60 Å². The summed E-state index contributed by atoms with van der Waals surface area (Å²) in [7, 11) is 0. The third kappa shape index (κ3) is 3.69. The number of nitrogens with zero attached hydrogens (tertiary/aromatic N) is 2. The van der Waals surface area contributed by atoms with Gasteiger partial charge in [-0.2, -0.15) is 0 Å². The molecule has 5 unspecified atom stereocenters. The average Bonchev–Trinajstić information content (AvgIpc) is 2.67. The van der Waals surface area contributed by atoms with Gasteiger partial charge in [-0.05, 0) is 81.6 Å². The van der Waals surface area contributed by atoms with E-state index in [0.717, 1.165) is 43.9 Å². The molecule has 5 aliphatic rings. The molecule has 4 heteroatoms. The second kappa shape index (κ2) is 7.30. The Kier molecular flexibility index (Phi) is 4.89. The van der Waals surface area contributed by atoms with Crippen molar-refractivity contribution < 1.29 is 9.53 Å². The van der Waals surface area contributed by atoms with Crippen LogP contribution in [0.25, 0.3) is 0 Å². The Hall–Kier alpha value is -1.55. The lowest BCUT2D eigenvalue weighted by molar-refractivity contribution is -0.0526. The lowest BCUT2D eigenvalue weighted by atomic mass is 9.48. The Bertz CT molecular complexity index is 735. The van der Waals surface area contributed by atoms with Gasteiger partial charge in [0.25, 0.3) is 0 Å². The minimum absolute atomic E-state index is 0.153. The summed E-state index contributed by atoms with van der Waals surface area (Å²) in [4.78, 5) is 17.1. The summed E-state index contributed by atoms with van der Waals surface area (Å²) in [6.07, 6.45) is 5.34. The minimum atomic E-state index is -0.421. The highest BCUT2D eigenvalue weighted by Crippen LogP contribution is 2.61. The maximum Gasteiger partial charge on any atom is 0.410 e. The Morgan fingerprint density at radius 3 is 2.41 bits per heavy atom. The van der Waals surface area contributed by atoms with E-state index >= 15 is 0 Å². The van der Waals surface area contributed by atoms with Gasteiger partial charge in [0.2, 0.25) is 0 Å². The normalized spacial score (nSPS) is 35.1. The van der Waals surface area contributed by atoms with E-state index in [2.05, 4.69) is 35.2 Å². The van der Waals surface area contributed by atoms with Crippen molar-refractivity contribution >= 4 is 6.09 Å². The second-order valence-corrected chi connectivity index (χ2v) is 10.7. The van der Waals surface area contributed by atoms with E-state index in [1.165, 1.54) is 31.2 Å². The second-order valence-electron chi connectivity index (χ2n) is 10.7. The molecule has 1 aromatic rings. The van der Waals surface area contributed by atoms with Gasteiger partial charge in [0.15, 0.2) is 0 Å². The van der Waals surface area contributed by atoms with Crippen LogP contribution in [0.3, 0.4) is 0 Å². The van der Waals surface area contributed by atoms with E-state index in [0.29, 0.717) is 12.0 Å². The van der Waals surface area contributed by atoms with Crippen molar-refractivity contribution in [1.82, 2.24) is 9.80 Å². The van der Waals surface area contributed by atoms with E-state index in [1.807, 2.05) is 31.6 Å². The number of rotatable bonds is 2. The van der Waals surface area contributed by atoms with Crippen LogP contribution in [-0.2, 0) is 4.74 Å². The number of ether oxygens (including phenoxy) is 1. The lowest BCUT2D eigenvalue weighted by Crippen LogP contribution is -2.62. The molecule has 1 radical (unpaired) electrons. The van der Waals surface area contributed by atoms with Crippen molar-refractivity contribution in [1.29, 1.82) is 0 Å². The third-order valence-corrected chi connectivity index (χ3v) is 7.65. The monoisotopic (exact) mass is 395 g/mol. The van der Waals surface area contributed by atoms with Gasteiger partial charge in [-0.1, -0.05) is 30.3 Å². The molecule has 1 aromatic carbocycles. The topological polar surface area (TPSA) is 32.8 Å². The fraction of sp³-hybridized carbons (Fsp3) is 0.680. The SMILES string of the molecule is CC(C)(C)OC(=O)N1CCN(C2C3C[C]4CC(C3)CC2C4c2ccccc2)CC1. The van der Waals surface area contributed by atoms with Crippen molar-refractivity contribution in [3.8, 4) is 0 Å². The van der Waals surface area contributed by atoms with Crippen molar-refractivity contribution in [2.45, 2.75) is 64.0 Å². The van der Waals surface area contributed by atoms with Crippen molar-refractivity contribution in [2.75, 3.05) is 26.2 Å². The molecule has 0 aromatic heterocycles. The zero-order valence-electron chi connectivity index (χ0n) is 18.1. The highest BCUT2D eigenvalue weighted by atomic mass is 16.6. The van der Waals surface area contributed by atoms with Crippen LogP contribution in [-0.4, -0.2) is 53.7 Å². The first kappa shape index (κ1) is 19.4. The van der Waals surface area contributed by atoms with E-state index in [1.54, 1.807) is 0 Å². The summed E-state index contributed by atoms with van der Waals surface area (Å²) >= 11 is 0. The molecule has 1 amide bonds. The van der Waals surface area contributed by atoms with Crippen LogP contribution in [0.1, 0.15) is 57.9 Å². The van der Waals surface area contributed by atoms with Crippen LogP contribution in [0.2, 0.25) is 0 Å². The van der Waals surface area contributed by atoms with Gasteiger partial charge < -0.3 is 9.64 Å². The molecule has 157 valence electrons. The summed E-state index contributed by atoms with van der Waals surface area (Å²) in [5.74, 6) is 4.99. The van der Waals surface area contributed by atoms with Gasteiger partial charge in [-0.3, -0.25) is 4.90 Å². The predicted octanol–water partition coefficient (Wildman–Crippen LogP) is 4.72. The molecule has 6 rings (SSSR count). The summed E-state index contributed by atoms with van der Waals surface area (Å²) in [6.45, 7) is 9.38. The fourth-order valence-corrected chi connectivity index (χ4v) is 6.83. The van der Waals surface area contributed by atoms with Gasteiger partial charge in [-0.25, -0.2) is 4.79 Å². The van der Waals surface area contributed by atoms with Crippen LogP contribution in [0.5, 0.6) is 0 Å². The first-order valence-corrected chi connectivity index (χ1v) is 11.5. The van der Waals surface area contributed by atoms with Gasteiger partial charge in [-0.15, -0.1) is 0 Å². The number of hydrogen-bond acceptors (Lipinski definition) is 3. The van der Waals surface area contributed by atoms with E-state index in [9.17, 15) is 4.79 Å². The standard InChI is InChI=1S/C25H35N2O2/c1-25(2,3)29-24(28)27-11-9-26(10-12-27)23-20-14-17-13-19(16-20)22(21(23)15-17)18-7-5-4-6-8-18/h4-8,17,20-23H,9-16H2,1-3H3. The molecule has 4 aliphatic carbocycles. The molecule has 4 bridgehead atoms. The number of carbonyl (C=O) groups is 1. The van der Waals surface area contributed by atoms with Gasteiger partial charge in [0, 0.05) is 32.2 Å². The molecule has 29 heavy (non-hydrogen) atoms. The van der Waals surface area contributed by atoms with Crippen LogP contribution in [0.15, 0.2) is 30.3 Å². The lowest BCUT2D eigenvalue weighted by Gasteiger charge is -2.61. The minimum Gasteiger partial charge on any atom is -0.444 e. The maximum atomic E-state index is 12.5. The Balaban J connectivity index is 1.30. The van der Waals surface area contributed by atoms with Crippen molar-refractivity contribution in [3.63, 3.8) is 0 Å². The zero-order valence-corrected chi connectivity index (χ0v) is 18.1. The highest BCUT2D eigenvalue weighted by molar-refractivity contribution is 5.68. The van der Waals surface area contributed by atoms with Crippen LogP contribution < -0.4 is 0 Å². The first-order valence-electron chi connectivity index (χ1n) is 11.5. The Labute approximate surface area is 175 Å². The van der Waals surface area contributed by atoms with E-state index in [4.69, 9.17) is 4.74 Å². The summed E-state index contributed by atoms with van der Waals surface area (Å²) in [6, 6.07) is 11.9. The third-order valence-electron chi connectivity index (χ3n) is 7.65. The van der Waals surface area contributed by atoms with Crippen LogP contribution in [0.4, 0.5) is 4.79 Å². The number of hydrogen-bond donors (Lipinski definition) is 0. The van der Waals surface area contributed by atoms with Gasteiger partial charge >= 0.3 is 6.09 Å². The maximum absolute atomic E-state index is 12.5. The first-order chi connectivity index (χ1) is 13.9. The van der Waals surface area contributed by atoms with Gasteiger partial charge in [0.05, 0.1) is 0 Å². The predicted molar refractivity (Wildman–Crippen MR) is 115 cm³/mol. The zero-order chi connectivity index (χ0) is 20.2. The average molecular weight is 396 g/mol. The number of piperazine rings is 1. The van der Waals surface area contributed by atoms with Crippen LogP contribution >= 0.6 is 0 Å². The summed E-state index contributed by atoms with van der Waals surface area (Å²) in [5, 5.41) is 0. The summed E-state index contributed by atoms with van der Waals surface area (Å²) < 4.78 is 5.59. The number of amides is 1. The van der Waals surface area contributed by atoms with Crippen molar-refractivity contribution in [2.24, 2.45) is 17.8 Å². The molecule has 1 aliphatic heterocycles. The molecular formula is C25H35N2O2. The highest BCUT2D eigenvalue weighted by Gasteiger charge is 2.55. The number of benzene rings is 1. The summed E-state index contributed by atoms with van der Waals surface area (Å²) in [5.41, 5.74) is 1.11. The quantitative estimate of drug-likeness (QED) is 0.727. The molecule has 4 saturated carbocycles. The molecule has 1 saturated heterocycles. The largest absolute Gasteiger partial charge is 0.444 e.